The Morgan fingerprint density at radius 3 is 2.71 bits per heavy atom. The number of aryl methyl sites for hydroxylation is 1. The third kappa shape index (κ3) is 2.52. The van der Waals surface area contributed by atoms with Gasteiger partial charge in [-0.05, 0) is 30.2 Å². The summed E-state index contributed by atoms with van der Waals surface area (Å²) in [5.74, 6) is -0.0451. The lowest BCUT2D eigenvalue weighted by Crippen LogP contribution is -1.91. The molecule has 76 valence electrons. The number of hydrogen-bond donors (Lipinski definition) is 1. The van der Waals surface area contributed by atoms with E-state index in [4.69, 9.17) is 0 Å². The predicted molar refractivity (Wildman–Crippen MR) is 47.4 cm³/mol. The average Bonchev–Trinajstić information content (AvgIpc) is 2.16. The zero-order valence-corrected chi connectivity index (χ0v) is 7.41. The van der Waals surface area contributed by atoms with Crippen molar-refractivity contribution in [1.29, 1.82) is 0 Å². The molecule has 1 aromatic carbocycles. The van der Waals surface area contributed by atoms with Gasteiger partial charge in [-0.25, -0.2) is 8.78 Å². The van der Waals surface area contributed by atoms with Gasteiger partial charge in [0.1, 0.15) is 12.0 Å². The summed E-state index contributed by atoms with van der Waals surface area (Å²) in [7, 11) is 0. The van der Waals surface area contributed by atoms with Gasteiger partial charge in [-0.2, -0.15) is 0 Å². The predicted octanol–water partition coefficient (Wildman–Crippen LogP) is 2.46. The van der Waals surface area contributed by atoms with Gasteiger partial charge in [0.05, 0.1) is 0 Å². The summed E-state index contributed by atoms with van der Waals surface area (Å²) in [4.78, 5) is 10.1. The Kier molecular flexibility index (Phi) is 3.56. The Labute approximate surface area is 80.2 Å². The van der Waals surface area contributed by atoms with Crippen molar-refractivity contribution in [2.45, 2.75) is 19.3 Å². The first-order valence-electron chi connectivity index (χ1n) is 4.18. The number of phenols is 1. The molecule has 1 rings (SSSR count). The molecule has 0 atom stereocenters. The van der Waals surface area contributed by atoms with Crippen LogP contribution in [-0.2, 0) is 11.2 Å². The highest BCUT2D eigenvalue weighted by molar-refractivity contribution is 5.51. The summed E-state index contributed by atoms with van der Waals surface area (Å²) >= 11 is 0. The van der Waals surface area contributed by atoms with Gasteiger partial charge >= 0.3 is 0 Å². The molecule has 2 nitrogen and oxygen atoms in total. The lowest BCUT2D eigenvalue weighted by molar-refractivity contribution is -0.107. The second-order valence-corrected chi connectivity index (χ2v) is 2.89. The molecule has 1 N–H and O–H groups in total. The van der Waals surface area contributed by atoms with Crippen molar-refractivity contribution in [2.24, 2.45) is 0 Å². The third-order valence-corrected chi connectivity index (χ3v) is 1.89. The molecule has 0 aliphatic rings. The molecule has 0 heterocycles. The Bertz CT molecular complexity index is 324. The molecule has 0 aromatic heterocycles. The van der Waals surface area contributed by atoms with E-state index < -0.39 is 6.43 Å². The molecule has 0 saturated carbocycles. The van der Waals surface area contributed by atoms with Gasteiger partial charge in [0.2, 0.25) is 0 Å². The third-order valence-electron chi connectivity index (χ3n) is 1.89. The van der Waals surface area contributed by atoms with Crippen LogP contribution in [0.3, 0.4) is 0 Å². The van der Waals surface area contributed by atoms with Gasteiger partial charge in [0.25, 0.3) is 6.43 Å². The molecule has 0 aliphatic heterocycles. The van der Waals surface area contributed by atoms with Crippen LogP contribution in [0, 0.1) is 0 Å². The fraction of sp³-hybridized carbons (Fsp3) is 0.300. The highest BCUT2D eigenvalue weighted by Crippen LogP contribution is 2.25. The van der Waals surface area contributed by atoms with E-state index in [2.05, 4.69) is 0 Å². The number of halogens is 2. The van der Waals surface area contributed by atoms with Crippen molar-refractivity contribution in [3.8, 4) is 5.75 Å². The summed E-state index contributed by atoms with van der Waals surface area (Å²) in [6.07, 6.45) is -1.35. The standard InChI is InChI=1S/C10H10F2O2/c11-10(12)8-3-4-9(14)7(6-8)2-1-5-13/h3-6,10,14H,1-2H2. The molecular weight excluding hydrogens is 190 g/mol. The van der Waals surface area contributed by atoms with Crippen LogP contribution in [0.25, 0.3) is 0 Å². The zero-order valence-electron chi connectivity index (χ0n) is 7.41. The Morgan fingerprint density at radius 2 is 2.14 bits per heavy atom. The van der Waals surface area contributed by atoms with Crippen LogP contribution in [0.2, 0.25) is 0 Å². The Hall–Kier alpha value is -1.45. The summed E-state index contributed by atoms with van der Waals surface area (Å²) < 4.78 is 24.5. The van der Waals surface area contributed by atoms with Crippen LogP contribution in [0.1, 0.15) is 24.0 Å². The van der Waals surface area contributed by atoms with Crippen molar-refractivity contribution >= 4 is 6.29 Å². The molecule has 14 heavy (non-hydrogen) atoms. The van der Waals surface area contributed by atoms with Gasteiger partial charge in [-0.3, -0.25) is 0 Å². The number of carbonyl (C=O) groups excluding carboxylic acids is 1. The second-order valence-electron chi connectivity index (χ2n) is 2.89. The van der Waals surface area contributed by atoms with Gasteiger partial charge < -0.3 is 9.90 Å². The van der Waals surface area contributed by atoms with Crippen LogP contribution in [0.4, 0.5) is 8.78 Å². The molecule has 0 radical (unpaired) electrons. The molecule has 0 aliphatic carbocycles. The van der Waals surface area contributed by atoms with E-state index in [0.29, 0.717) is 11.8 Å². The minimum atomic E-state index is -2.55. The number of phenolic OH excluding ortho intramolecular Hbond substituents is 1. The number of alkyl halides is 2. The van der Waals surface area contributed by atoms with Crippen molar-refractivity contribution in [2.75, 3.05) is 0 Å². The van der Waals surface area contributed by atoms with Crippen LogP contribution in [0.5, 0.6) is 5.75 Å². The first kappa shape index (κ1) is 10.6. The molecule has 0 saturated heterocycles. The fourth-order valence-electron chi connectivity index (χ4n) is 1.16. The van der Waals surface area contributed by atoms with Gasteiger partial charge in [-0.1, -0.05) is 0 Å². The number of aromatic hydroxyl groups is 1. The van der Waals surface area contributed by atoms with Gasteiger partial charge in [0.15, 0.2) is 0 Å². The highest BCUT2D eigenvalue weighted by Gasteiger charge is 2.09. The summed E-state index contributed by atoms with van der Waals surface area (Å²) in [5.41, 5.74) is 0.249. The quantitative estimate of drug-likeness (QED) is 0.758. The minimum absolute atomic E-state index is 0.0451. The normalized spacial score (nSPS) is 10.5. The lowest BCUT2D eigenvalue weighted by Gasteiger charge is -2.05. The van der Waals surface area contributed by atoms with Gasteiger partial charge in [0, 0.05) is 12.0 Å². The smallest absolute Gasteiger partial charge is 0.263 e. The van der Waals surface area contributed by atoms with E-state index >= 15 is 0 Å². The number of hydrogen-bond acceptors (Lipinski definition) is 2. The van der Waals surface area contributed by atoms with E-state index in [0.717, 1.165) is 0 Å². The first-order chi connectivity index (χ1) is 6.65. The molecular formula is C10H10F2O2. The molecule has 1 aromatic rings. The average molecular weight is 200 g/mol. The Morgan fingerprint density at radius 1 is 1.43 bits per heavy atom. The fourth-order valence-corrected chi connectivity index (χ4v) is 1.16. The van der Waals surface area contributed by atoms with Crippen molar-refractivity contribution in [3.63, 3.8) is 0 Å². The molecule has 0 amide bonds. The maximum atomic E-state index is 12.2. The first-order valence-corrected chi connectivity index (χ1v) is 4.18. The van der Waals surface area contributed by atoms with E-state index in [-0.39, 0.29) is 24.2 Å². The number of aldehydes is 1. The van der Waals surface area contributed by atoms with Crippen LogP contribution >= 0.6 is 0 Å². The maximum absolute atomic E-state index is 12.2. The van der Waals surface area contributed by atoms with Crippen molar-refractivity contribution in [1.82, 2.24) is 0 Å². The molecule has 0 spiro atoms. The topological polar surface area (TPSA) is 37.3 Å². The highest BCUT2D eigenvalue weighted by atomic mass is 19.3. The second kappa shape index (κ2) is 4.69. The zero-order chi connectivity index (χ0) is 10.6. The molecule has 0 unspecified atom stereocenters. The lowest BCUT2D eigenvalue weighted by atomic mass is 10.1. The number of carbonyl (C=O) groups is 1. The van der Waals surface area contributed by atoms with Crippen LogP contribution < -0.4 is 0 Å². The van der Waals surface area contributed by atoms with E-state index in [1.54, 1.807) is 0 Å². The summed E-state index contributed by atoms with van der Waals surface area (Å²) in [6, 6.07) is 3.62. The molecule has 0 bridgehead atoms. The number of rotatable bonds is 4. The van der Waals surface area contributed by atoms with Gasteiger partial charge in [-0.15, -0.1) is 0 Å². The van der Waals surface area contributed by atoms with Crippen molar-refractivity contribution < 1.29 is 18.7 Å². The summed E-state index contributed by atoms with van der Waals surface area (Å²) in [5, 5.41) is 9.28. The van der Waals surface area contributed by atoms with E-state index in [9.17, 15) is 18.7 Å². The van der Waals surface area contributed by atoms with Crippen LogP contribution in [0.15, 0.2) is 18.2 Å². The minimum Gasteiger partial charge on any atom is -0.508 e. The number of benzene rings is 1. The maximum Gasteiger partial charge on any atom is 0.263 e. The molecule has 4 heteroatoms. The van der Waals surface area contributed by atoms with Crippen LogP contribution in [-0.4, -0.2) is 11.4 Å². The van der Waals surface area contributed by atoms with E-state index in [1.165, 1.54) is 18.2 Å². The monoisotopic (exact) mass is 200 g/mol. The SMILES string of the molecule is O=CCCc1cc(C(F)F)ccc1O. The Balaban J connectivity index is 2.90. The summed E-state index contributed by atoms with van der Waals surface area (Å²) in [6.45, 7) is 0. The van der Waals surface area contributed by atoms with E-state index in [1.807, 2.05) is 0 Å². The largest absolute Gasteiger partial charge is 0.508 e. The van der Waals surface area contributed by atoms with Crippen molar-refractivity contribution in [3.05, 3.63) is 29.3 Å². The molecule has 0 fully saturated rings.